The summed E-state index contributed by atoms with van der Waals surface area (Å²) in [6.45, 7) is 6.06. The second-order valence-corrected chi connectivity index (χ2v) is 9.46. The van der Waals surface area contributed by atoms with E-state index in [9.17, 15) is 19.1 Å². The average Bonchev–Trinajstić information content (AvgIpc) is 2.53. The number of piperidine rings is 1. The van der Waals surface area contributed by atoms with Crippen LogP contribution in [0.4, 0.5) is 0 Å². The molecule has 4 atom stereocenters. The third-order valence-corrected chi connectivity index (χ3v) is 8.82. The first-order chi connectivity index (χ1) is 11.2. The van der Waals surface area contributed by atoms with E-state index in [2.05, 4.69) is 0 Å². The number of rotatable bonds is 5. The van der Waals surface area contributed by atoms with Crippen LogP contribution < -0.4 is 0 Å². The summed E-state index contributed by atoms with van der Waals surface area (Å²) in [6.07, 6.45) is 4.14. The van der Waals surface area contributed by atoms with Gasteiger partial charge in [0.05, 0.1) is 5.16 Å². The Kier molecular flexibility index (Phi) is 6.17. The Morgan fingerprint density at radius 3 is 2.29 bits per heavy atom. The molecule has 140 valence electrons. The van der Waals surface area contributed by atoms with Crippen LogP contribution in [0.15, 0.2) is 0 Å². The molecule has 2 fully saturated rings. The number of hydrogen-bond donors (Lipinski definition) is 2. The number of carbonyl (C=O) groups excluding carboxylic acids is 1. The van der Waals surface area contributed by atoms with Gasteiger partial charge in [0.2, 0.25) is 5.91 Å². The summed E-state index contributed by atoms with van der Waals surface area (Å²) in [5.74, 6) is 0.859. The zero-order valence-electron chi connectivity index (χ0n) is 15.3. The lowest BCUT2D eigenvalue weighted by molar-refractivity contribution is -0.154. The molecule has 0 aromatic carbocycles. The van der Waals surface area contributed by atoms with Crippen molar-refractivity contribution < 1.29 is 23.9 Å². The van der Waals surface area contributed by atoms with Crippen molar-refractivity contribution >= 4 is 13.5 Å². The van der Waals surface area contributed by atoms with Gasteiger partial charge in [-0.15, -0.1) is 0 Å². The molecule has 2 rings (SSSR count). The summed E-state index contributed by atoms with van der Waals surface area (Å²) in [6, 6.07) is 0. The van der Waals surface area contributed by atoms with Crippen LogP contribution in [0.2, 0.25) is 0 Å². The van der Waals surface area contributed by atoms with Gasteiger partial charge in [-0.2, -0.15) is 0 Å². The zero-order chi connectivity index (χ0) is 18.1. The van der Waals surface area contributed by atoms with Gasteiger partial charge in [-0.25, -0.2) is 0 Å². The van der Waals surface area contributed by atoms with Crippen molar-refractivity contribution in [2.75, 3.05) is 13.7 Å². The first kappa shape index (κ1) is 19.9. The fourth-order valence-electron chi connectivity index (χ4n) is 5.13. The Labute approximate surface area is 145 Å². The Bertz CT molecular complexity index is 501. The van der Waals surface area contributed by atoms with E-state index in [0.717, 1.165) is 25.7 Å². The molecule has 2 N–H and O–H groups in total. The molecule has 1 saturated carbocycles. The van der Waals surface area contributed by atoms with Gasteiger partial charge in [0.15, 0.2) is 0 Å². The Balaban J connectivity index is 2.19. The van der Waals surface area contributed by atoms with E-state index < -0.39 is 12.8 Å². The molecule has 0 aromatic rings. The molecule has 1 saturated heterocycles. The quantitative estimate of drug-likeness (QED) is 0.735. The van der Waals surface area contributed by atoms with Crippen molar-refractivity contribution in [2.45, 2.75) is 70.7 Å². The van der Waals surface area contributed by atoms with Crippen molar-refractivity contribution in [2.24, 2.45) is 17.8 Å². The molecule has 6 nitrogen and oxygen atoms in total. The van der Waals surface area contributed by atoms with Crippen LogP contribution in [0.1, 0.15) is 59.3 Å². The predicted molar refractivity (Wildman–Crippen MR) is 92.5 cm³/mol. The second-order valence-electron chi connectivity index (χ2n) is 7.48. The molecule has 2 aliphatic rings. The number of carbonyl (C=O) groups is 1. The van der Waals surface area contributed by atoms with Crippen LogP contribution in [0.5, 0.6) is 0 Å². The monoisotopic (exact) mass is 361 g/mol. The van der Waals surface area contributed by atoms with Gasteiger partial charge in [-0.3, -0.25) is 9.36 Å². The van der Waals surface area contributed by atoms with E-state index in [1.54, 1.807) is 18.9 Å². The summed E-state index contributed by atoms with van der Waals surface area (Å²) in [5, 5.41) is -0.905. The van der Waals surface area contributed by atoms with Gasteiger partial charge in [0.1, 0.15) is 6.23 Å². The van der Waals surface area contributed by atoms with Crippen molar-refractivity contribution in [1.82, 2.24) is 4.90 Å². The summed E-state index contributed by atoms with van der Waals surface area (Å²) >= 11 is 0. The van der Waals surface area contributed by atoms with Gasteiger partial charge in [-0.05, 0) is 56.3 Å². The van der Waals surface area contributed by atoms with Gasteiger partial charge in [0.25, 0.3) is 0 Å². The molecule has 24 heavy (non-hydrogen) atoms. The van der Waals surface area contributed by atoms with E-state index in [-0.39, 0.29) is 18.1 Å². The number of fused-ring (bicyclic) bond motifs is 1. The number of methoxy groups -OCH3 is 1. The smallest absolute Gasteiger partial charge is 0.331 e. The van der Waals surface area contributed by atoms with Crippen LogP contribution >= 0.6 is 7.60 Å². The maximum absolute atomic E-state index is 12.3. The molecule has 7 heteroatoms. The molecule has 0 spiro atoms. The van der Waals surface area contributed by atoms with Crippen LogP contribution in [0, 0.1) is 17.8 Å². The molecule has 0 radical (unpaired) electrons. The molecule has 1 heterocycles. The number of nitrogens with zero attached hydrogens (tertiary/aromatic N) is 1. The number of hydrogen-bond acceptors (Lipinski definition) is 3. The first-order valence-corrected chi connectivity index (χ1v) is 10.7. The summed E-state index contributed by atoms with van der Waals surface area (Å²) < 4.78 is 17.8. The maximum atomic E-state index is 12.3. The molecule has 1 aliphatic heterocycles. The minimum atomic E-state index is -4.17. The highest BCUT2D eigenvalue weighted by Gasteiger charge is 2.53. The molecule has 1 amide bonds. The summed E-state index contributed by atoms with van der Waals surface area (Å²) in [5.41, 5.74) is 0. The minimum absolute atomic E-state index is 0.0362. The molecular weight excluding hydrogens is 329 g/mol. The van der Waals surface area contributed by atoms with Crippen molar-refractivity contribution in [3.63, 3.8) is 0 Å². The van der Waals surface area contributed by atoms with Gasteiger partial charge in [-0.1, -0.05) is 13.8 Å². The van der Waals surface area contributed by atoms with Crippen LogP contribution in [-0.2, 0) is 14.1 Å². The Morgan fingerprint density at radius 2 is 1.83 bits per heavy atom. The fraction of sp³-hybridized carbons (Fsp3) is 0.941. The largest absolute Gasteiger partial charge is 0.362 e. The average molecular weight is 361 g/mol. The molecular formula is C17H32NO5P. The molecule has 1 aliphatic carbocycles. The van der Waals surface area contributed by atoms with E-state index >= 15 is 0 Å². The van der Waals surface area contributed by atoms with Crippen molar-refractivity contribution in [1.29, 1.82) is 0 Å². The molecule has 0 bridgehead atoms. The predicted octanol–water partition coefficient (Wildman–Crippen LogP) is 2.98. The topological polar surface area (TPSA) is 87.1 Å². The van der Waals surface area contributed by atoms with E-state index in [4.69, 9.17) is 4.74 Å². The van der Waals surface area contributed by atoms with E-state index in [1.165, 1.54) is 0 Å². The third-order valence-electron chi connectivity index (χ3n) is 6.66. The van der Waals surface area contributed by atoms with Crippen molar-refractivity contribution in [3.05, 3.63) is 0 Å². The van der Waals surface area contributed by atoms with Crippen LogP contribution in [0.3, 0.4) is 0 Å². The van der Waals surface area contributed by atoms with Crippen molar-refractivity contribution in [3.8, 4) is 0 Å². The maximum Gasteiger partial charge on any atom is 0.331 e. The lowest BCUT2D eigenvalue weighted by atomic mass is 9.66. The van der Waals surface area contributed by atoms with Gasteiger partial charge >= 0.3 is 7.60 Å². The fourth-order valence-corrected chi connectivity index (χ4v) is 6.67. The zero-order valence-corrected chi connectivity index (χ0v) is 16.2. The van der Waals surface area contributed by atoms with Gasteiger partial charge < -0.3 is 19.4 Å². The first-order valence-electron chi connectivity index (χ1n) is 9.05. The minimum Gasteiger partial charge on any atom is -0.362 e. The normalized spacial score (nSPS) is 31.7. The van der Waals surface area contributed by atoms with Gasteiger partial charge in [0, 0.05) is 20.6 Å². The Hall–Kier alpha value is -0.420. The van der Waals surface area contributed by atoms with E-state index in [0.29, 0.717) is 31.2 Å². The number of likely N-dealkylation sites (tertiary alicyclic amines) is 1. The van der Waals surface area contributed by atoms with Crippen LogP contribution in [-0.4, -0.2) is 45.6 Å². The Morgan fingerprint density at radius 1 is 1.21 bits per heavy atom. The summed E-state index contributed by atoms with van der Waals surface area (Å²) in [4.78, 5) is 33.7. The second kappa shape index (κ2) is 7.45. The lowest BCUT2D eigenvalue weighted by Gasteiger charge is -2.50. The highest BCUT2D eigenvalue weighted by molar-refractivity contribution is 7.53. The highest BCUT2D eigenvalue weighted by atomic mass is 31.2. The SMILES string of the molecule is CCC(CC)(C1CCC2CN(C(C)=O)C(OC)CC2C1)P(=O)(O)O. The van der Waals surface area contributed by atoms with Crippen LogP contribution in [0.25, 0.3) is 0 Å². The highest BCUT2D eigenvalue weighted by Crippen LogP contribution is 2.62. The number of amides is 1. The number of ether oxygens (including phenoxy) is 1. The third kappa shape index (κ3) is 3.44. The standard InChI is InChI=1S/C17H32NO5P/c1-5-17(6-2,24(20,21)22)15-8-7-13-11-18(12(3)19)16(23-4)10-14(13)9-15/h13-16H,5-11H2,1-4H3,(H2,20,21,22). The summed E-state index contributed by atoms with van der Waals surface area (Å²) in [7, 11) is -2.54. The van der Waals surface area contributed by atoms with E-state index in [1.807, 2.05) is 13.8 Å². The molecule has 4 unspecified atom stereocenters. The lowest BCUT2D eigenvalue weighted by Crippen LogP contribution is -2.53. The molecule has 0 aromatic heterocycles.